The molecule has 1 fully saturated rings. The summed E-state index contributed by atoms with van der Waals surface area (Å²) >= 11 is 0. The number of allylic oxidation sites excluding steroid dienone is 3. The lowest BCUT2D eigenvalue weighted by molar-refractivity contribution is -0.251. The molecule has 1 amide bonds. The molecule has 58 heavy (non-hydrogen) atoms. The lowest BCUT2D eigenvalue weighted by Crippen LogP contribution is -2.64. The molecule has 10 nitrogen and oxygen atoms in total. The number of nitrogens with one attached hydrogen (secondary N) is 1. The van der Waals surface area contributed by atoms with Gasteiger partial charge in [0.15, 0.2) is 0 Å². The van der Waals surface area contributed by atoms with Gasteiger partial charge in [-0.25, -0.2) is 0 Å². The van der Waals surface area contributed by atoms with Crippen LogP contribution in [-0.4, -0.2) is 103 Å². The summed E-state index contributed by atoms with van der Waals surface area (Å²) in [5.74, 6) is -0.621. The van der Waals surface area contributed by atoms with Gasteiger partial charge in [0.25, 0.3) is 0 Å². The fourth-order valence-electron chi connectivity index (χ4n) is 7.94. The van der Waals surface area contributed by atoms with Crippen molar-refractivity contribution in [2.75, 3.05) is 6.61 Å². The Morgan fingerprint density at radius 1 is 0.552 bits per heavy atom. The Kier molecular flexibility index (Phi) is 35.2. The topological polar surface area (TPSA) is 180 Å². The van der Waals surface area contributed by atoms with Crippen molar-refractivity contribution in [3.63, 3.8) is 0 Å². The molecule has 0 aliphatic carbocycles. The number of carbonyl (C=O) groups excluding carboxylic acids is 1. The van der Waals surface area contributed by atoms with Crippen molar-refractivity contribution in [2.24, 2.45) is 0 Å². The van der Waals surface area contributed by atoms with Crippen LogP contribution >= 0.6 is 0 Å². The summed E-state index contributed by atoms with van der Waals surface area (Å²) in [7, 11) is 0. The first kappa shape index (κ1) is 54.6. The van der Waals surface area contributed by atoms with Crippen LogP contribution < -0.4 is 5.32 Å². The molecule has 1 aliphatic heterocycles. The largest absolute Gasteiger partial charge is 0.394 e. The summed E-state index contributed by atoms with van der Waals surface area (Å²) < 4.78 is 5.60. The fraction of sp³-hybridized carbons (Fsp3) is 0.896. The molecule has 0 saturated carbocycles. The number of aliphatic hydroxyl groups is 7. The van der Waals surface area contributed by atoms with Gasteiger partial charge in [0, 0.05) is 0 Å². The average molecular weight is 826 g/mol. The second-order valence-electron chi connectivity index (χ2n) is 17.3. The highest BCUT2D eigenvalue weighted by molar-refractivity contribution is 5.80. The molecule has 0 spiro atoms. The van der Waals surface area contributed by atoms with Gasteiger partial charge in [-0.3, -0.25) is 4.79 Å². The van der Waals surface area contributed by atoms with Crippen molar-refractivity contribution in [3.8, 4) is 0 Å². The van der Waals surface area contributed by atoms with Gasteiger partial charge in [0.1, 0.15) is 42.7 Å². The molecule has 0 bridgehead atoms. The van der Waals surface area contributed by atoms with Gasteiger partial charge < -0.3 is 45.8 Å². The first-order valence-corrected chi connectivity index (χ1v) is 24.1. The van der Waals surface area contributed by atoms with Crippen LogP contribution in [0.25, 0.3) is 0 Å². The van der Waals surface area contributed by atoms with E-state index in [9.17, 15) is 40.5 Å². The van der Waals surface area contributed by atoms with Crippen LogP contribution in [0.3, 0.4) is 0 Å². The molecule has 0 aromatic carbocycles. The Morgan fingerprint density at radius 2 is 1.02 bits per heavy atom. The summed E-state index contributed by atoms with van der Waals surface area (Å²) in [5.41, 5.74) is 0. The SMILES string of the molecule is CCCC/C=C/CCC(O)C/C=C/CCCC(NC(=O)C(O)CCCCCCCCCCCCCCCCCCCCCCC)C(O)[C@@H]1O[C@H](CO)[C@@H](O)[C@H](O)[C@H]1O. The average Bonchev–Trinajstić information content (AvgIpc) is 3.22. The fourth-order valence-corrected chi connectivity index (χ4v) is 7.94. The van der Waals surface area contributed by atoms with Crippen LogP contribution in [0.1, 0.15) is 213 Å². The monoisotopic (exact) mass is 826 g/mol. The number of hydrogen-bond donors (Lipinski definition) is 8. The molecular formula is C48H91NO9. The van der Waals surface area contributed by atoms with E-state index in [2.05, 4.69) is 31.3 Å². The van der Waals surface area contributed by atoms with Crippen LogP contribution in [0.4, 0.5) is 0 Å². The van der Waals surface area contributed by atoms with Crippen LogP contribution in [-0.2, 0) is 9.53 Å². The summed E-state index contributed by atoms with van der Waals surface area (Å²) in [6, 6.07) is -0.929. The summed E-state index contributed by atoms with van der Waals surface area (Å²) in [4.78, 5) is 13.1. The number of carbonyl (C=O) groups is 1. The van der Waals surface area contributed by atoms with E-state index in [0.717, 1.165) is 32.1 Å². The zero-order valence-electron chi connectivity index (χ0n) is 37.1. The normalized spacial score (nSPS) is 22.1. The molecule has 9 atom stereocenters. The Bertz CT molecular complexity index is 994. The third-order valence-corrected chi connectivity index (χ3v) is 11.9. The van der Waals surface area contributed by atoms with Gasteiger partial charge in [-0.2, -0.15) is 0 Å². The van der Waals surface area contributed by atoms with Gasteiger partial charge in [0.05, 0.1) is 18.8 Å². The van der Waals surface area contributed by atoms with E-state index in [0.29, 0.717) is 38.5 Å². The molecule has 4 unspecified atom stereocenters. The van der Waals surface area contributed by atoms with Gasteiger partial charge in [-0.05, 0) is 51.4 Å². The van der Waals surface area contributed by atoms with Crippen molar-refractivity contribution < 1.29 is 45.3 Å². The Balaban J connectivity index is 2.36. The summed E-state index contributed by atoms with van der Waals surface area (Å²) in [6.07, 6.45) is 31.8. The van der Waals surface area contributed by atoms with Crippen LogP contribution in [0.15, 0.2) is 24.3 Å². The minimum absolute atomic E-state index is 0.281. The predicted octanol–water partition coefficient (Wildman–Crippen LogP) is 8.64. The van der Waals surface area contributed by atoms with Gasteiger partial charge in [0.2, 0.25) is 5.91 Å². The van der Waals surface area contributed by atoms with Crippen LogP contribution in [0.2, 0.25) is 0 Å². The highest BCUT2D eigenvalue weighted by Crippen LogP contribution is 2.26. The number of amides is 1. The number of aliphatic hydroxyl groups excluding tert-OH is 7. The third kappa shape index (κ3) is 26.8. The van der Waals surface area contributed by atoms with E-state index in [-0.39, 0.29) is 6.42 Å². The second kappa shape index (κ2) is 37.4. The zero-order chi connectivity index (χ0) is 42.6. The predicted molar refractivity (Wildman–Crippen MR) is 236 cm³/mol. The van der Waals surface area contributed by atoms with Gasteiger partial charge in [-0.1, -0.05) is 186 Å². The molecule has 0 aromatic rings. The molecule has 1 rings (SSSR count). The highest BCUT2D eigenvalue weighted by atomic mass is 16.6. The van der Waals surface area contributed by atoms with Crippen molar-refractivity contribution in [1.82, 2.24) is 5.32 Å². The molecular weight excluding hydrogens is 735 g/mol. The van der Waals surface area contributed by atoms with E-state index < -0.39 is 67.4 Å². The molecule has 1 saturated heterocycles. The number of ether oxygens (including phenoxy) is 1. The second-order valence-corrected chi connectivity index (χ2v) is 17.3. The van der Waals surface area contributed by atoms with Crippen molar-refractivity contribution >= 4 is 5.91 Å². The minimum Gasteiger partial charge on any atom is -0.394 e. The Hall–Kier alpha value is -1.37. The number of hydrogen-bond acceptors (Lipinski definition) is 9. The van der Waals surface area contributed by atoms with E-state index in [1.54, 1.807) is 0 Å². The Labute approximate surface area is 354 Å². The van der Waals surface area contributed by atoms with Crippen LogP contribution in [0.5, 0.6) is 0 Å². The van der Waals surface area contributed by atoms with E-state index >= 15 is 0 Å². The van der Waals surface area contributed by atoms with Crippen molar-refractivity contribution in [1.29, 1.82) is 0 Å². The lowest BCUT2D eigenvalue weighted by atomic mass is 9.88. The quantitative estimate of drug-likeness (QED) is 0.0222. The third-order valence-electron chi connectivity index (χ3n) is 11.9. The first-order valence-electron chi connectivity index (χ1n) is 24.1. The first-order chi connectivity index (χ1) is 28.2. The van der Waals surface area contributed by atoms with E-state index in [4.69, 9.17) is 4.74 Å². The molecule has 10 heteroatoms. The standard InChI is InChI=1S/C48H91NO9/c1-3-5-7-9-11-12-13-14-15-16-17-18-19-20-21-22-23-24-25-27-33-37-41(52)48(57)49-40(43(53)47-46(56)45(55)44(54)42(38-50)58-47)36-32-29-28-31-35-39(51)34-30-26-10-8-6-4-2/h10,26,28,31,39-47,50-56H,3-9,11-25,27,29-30,32-38H2,1-2H3,(H,49,57)/b26-10+,31-28+/t39?,40?,41?,42-,43?,44-,45+,46-,47+/m1/s1. The molecule has 1 aliphatic rings. The molecule has 1 heterocycles. The molecule has 0 radical (unpaired) electrons. The van der Waals surface area contributed by atoms with Crippen molar-refractivity contribution in [3.05, 3.63) is 24.3 Å². The maximum Gasteiger partial charge on any atom is 0.249 e. The maximum atomic E-state index is 13.1. The molecule has 8 N–H and O–H groups in total. The summed E-state index contributed by atoms with van der Waals surface area (Å²) in [6.45, 7) is 3.81. The van der Waals surface area contributed by atoms with Gasteiger partial charge in [-0.15, -0.1) is 0 Å². The Morgan fingerprint density at radius 3 is 1.53 bits per heavy atom. The zero-order valence-corrected chi connectivity index (χ0v) is 37.1. The highest BCUT2D eigenvalue weighted by Gasteiger charge is 2.48. The minimum atomic E-state index is -1.65. The number of rotatable bonds is 39. The lowest BCUT2D eigenvalue weighted by Gasteiger charge is -2.43. The smallest absolute Gasteiger partial charge is 0.249 e. The van der Waals surface area contributed by atoms with E-state index in [1.807, 2.05) is 12.2 Å². The van der Waals surface area contributed by atoms with E-state index in [1.165, 1.54) is 122 Å². The van der Waals surface area contributed by atoms with Gasteiger partial charge >= 0.3 is 0 Å². The summed E-state index contributed by atoms with van der Waals surface area (Å²) in [5, 5.41) is 75.9. The van der Waals surface area contributed by atoms with Crippen molar-refractivity contribution in [2.45, 2.75) is 268 Å². The number of unbranched alkanes of at least 4 members (excludes halogenated alkanes) is 23. The maximum absolute atomic E-state index is 13.1. The molecule has 342 valence electrons. The van der Waals surface area contributed by atoms with Crippen LogP contribution in [0, 0.1) is 0 Å². The molecule has 0 aromatic heterocycles.